The molecule has 0 saturated heterocycles. The molecule has 2 aromatic rings. The molecule has 0 amide bonds. The first-order chi connectivity index (χ1) is 8.60. The molecule has 0 spiro atoms. The van der Waals surface area contributed by atoms with Crippen molar-refractivity contribution < 1.29 is 13.5 Å². The standard InChI is InChI=1S/C11H7ClF2N3O/c1-15-10-9(5-16-11(12)17-10)18-8-3-2-6(13)4-7(8)14/h2,4-5H,1H3,(H,15,16,17). The van der Waals surface area contributed by atoms with Gasteiger partial charge in [0.05, 0.1) is 6.20 Å². The Hall–Kier alpha value is -1.95. The average molecular weight is 271 g/mol. The second kappa shape index (κ2) is 5.14. The Balaban J connectivity index is 2.33. The van der Waals surface area contributed by atoms with Crippen LogP contribution < -0.4 is 10.1 Å². The fraction of sp³-hybridized carbons (Fsp3) is 0.0909. The maximum absolute atomic E-state index is 13.4. The van der Waals surface area contributed by atoms with Crippen LogP contribution in [0.3, 0.4) is 0 Å². The van der Waals surface area contributed by atoms with E-state index in [4.69, 9.17) is 16.3 Å². The highest BCUT2D eigenvalue weighted by molar-refractivity contribution is 6.28. The lowest BCUT2D eigenvalue weighted by molar-refractivity contribution is 0.435. The van der Waals surface area contributed by atoms with Gasteiger partial charge in [0.25, 0.3) is 0 Å². The van der Waals surface area contributed by atoms with E-state index in [1.165, 1.54) is 6.20 Å². The molecular weight excluding hydrogens is 264 g/mol. The van der Waals surface area contributed by atoms with E-state index < -0.39 is 11.6 Å². The van der Waals surface area contributed by atoms with E-state index in [-0.39, 0.29) is 22.6 Å². The van der Waals surface area contributed by atoms with Crippen LogP contribution in [0.15, 0.2) is 18.3 Å². The van der Waals surface area contributed by atoms with Crippen LogP contribution in [0.5, 0.6) is 11.5 Å². The highest BCUT2D eigenvalue weighted by Crippen LogP contribution is 2.29. The van der Waals surface area contributed by atoms with Crippen LogP contribution in [-0.4, -0.2) is 17.0 Å². The van der Waals surface area contributed by atoms with Gasteiger partial charge >= 0.3 is 0 Å². The summed E-state index contributed by atoms with van der Waals surface area (Å²) in [7, 11) is 1.59. The molecule has 4 nitrogen and oxygen atoms in total. The van der Waals surface area contributed by atoms with Crippen molar-refractivity contribution in [1.82, 2.24) is 9.97 Å². The normalized spacial score (nSPS) is 10.2. The van der Waals surface area contributed by atoms with Crippen molar-refractivity contribution in [1.29, 1.82) is 0 Å². The van der Waals surface area contributed by atoms with E-state index in [1.54, 1.807) is 7.05 Å². The number of halogens is 3. The van der Waals surface area contributed by atoms with Gasteiger partial charge in [0, 0.05) is 19.2 Å². The Morgan fingerprint density at radius 1 is 1.44 bits per heavy atom. The van der Waals surface area contributed by atoms with Crippen molar-refractivity contribution in [2.24, 2.45) is 0 Å². The molecule has 0 aliphatic carbocycles. The molecule has 1 aromatic carbocycles. The monoisotopic (exact) mass is 270 g/mol. The van der Waals surface area contributed by atoms with E-state index in [1.807, 2.05) is 0 Å². The average Bonchev–Trinajstić information content (AvgIpc) is 2.34. The van der Waals surface area contributed by atoms with Crippen LogP contribution in [0.25, 0.3) is 0 Å². The van der Waals surface area contributed by atoms with Gasteiger partial charge in [-0.3, -0.25) is 0 Å². The zero-order chi connectivity index (χ0) is 13.1. The van der Waals surface area contributed by atoms with Crippen molar-refractivity contribution in [3.63, 3.8) is 0 Å². The first-order valence-electron chi connectivity index (χ1n) is 4.85. The molecule has 0 atom stereocenters. The fourth-order valence-corrected chi connectivity index (χ4v) is 1.36. The summed E-state index contributed by atoms with van der Waals surface area (Å²) in [5.41, 5.74) is 0. The number of hydrogen-bond donors (Lipinski definition) is 1. The summed E-state index contributed by atoms with van der Waals surface area (Å²) in [6, 6.07) is 3.99. The highest BCUT2D eigenvalue weighted by atomic mass is 35.5. The summed E-state index contributed by atoms with van der Waals surface area (Å²) in [5.74, 6) is -1.41. The fourth-order valence-electron chi connectivity index (χ4n) is 1.22. The predicted molar refractivity (Wildman–Crippen MR) is 61.9 cm³/mol. The van der Waals surface area contributed by atoms with Crippen LogP contribution in [0.4, 0.5) is 14.6 Å². The second-order valence-corrected chi connectivity index (χ2v) is 3.54. The Morgan fingerprint density at radius 3 is 2.89 bits per heavy atom. The number of nitrogens with zero attached hydrogens (tertiary/aromatic N) is 2. The Labute approximate surface area is 107 Å². The van der Waals surface area contributed by atoms with Crippen molar-refractivity contribution in [2.75, 3.05) is 12.4 Å². The number of aromatic nitrogens is 2. The minimum atomic E-state index is -0.869. The lowest BCUT2D eigenvalue weighted by Crippen LogP contribution is -1.99. The third-order valence-corrected chi connectivity index (χ3v) is 2.18. The van der Waals surface area contributed by atoms with Crippen LogP contribution >= 0.6 is 11.6 Å². The van der Waals surface area contributed by atoms with E-state index in [2.05, 4.69) is 21.4 Å². The van der Waals surface area contributed by atoms with Gasteiger partial charge in [0.15, 0.2) is 23.1 Å². The smallest absolute Gasteiger partial charge is 0.224 e. The molecule has 0 fully saturated rings. The highest BCUT2D eigenvalue weighted by Gasteiger charge is 2.11. The summed E-state index contributed by atoms with van der Waals surface area (Å²) in [5, 5.41) is 2.74. The van der Waals surface area contributed by atoms with Crippen molar-refractivity contribution in [3.05, 3.63) is 41.3 Å². The Kier molecular flexibility index (Phi) is 3.57. The summed E-state index contributed by atoms with van der Waals surface area (Å²) in [4.78, 5) is 7.55. The summed E-state index contributed by atoms with van der Waals surface area (Å²) in [6.07, 6.45) is 1.28. The molecule has 1 radical (unpaired) electrons. The Bertz CT molecular complexity index is 580. The summed E-state index contributed by atoms with van der Waals surface area (Å²) >= 11 is 5.60. The molecular formula is C11H7ClF2N3O. The number of anilines is 1. The molecule has 0 saturated carbocycles. The number of benzene rings is 1. The van der Waals surface area contributed by atoms with E-state index >= 15 is 0 Å². The SMILES string of the molecule is CNc1nc(Cl)ncc1Oc1[c]cc(F)cc1F. The maximum Gasteiger partial charge on any atom is 0.224 e. The number of nitrogens with one attached hydrogen (secondary N) is 1. The molecule has 7 heteroatoms. The quantitative estimate of drug-likeness (QED) is 0.871. The van der Waals surface area contributed by atoms with Crippen molar-refractivity contribution >= 4 is 17.4 Å². The minimum Gasteiger partial charge on any atom is -0.448 e. The molecule has 1 N–H and O–H groups in total. The van der Waals surface area contributed by atoms with E-state index in [9.17, 15) is 8.78 Å². The van der Waals surface area contributed by atoms with Gasteiger partial charge in [0.2, 0.25) is 5.28 Å². The van der Waals surface area contributed by atoms with Crippen LogP contribution in [0.1, 0.15) is 0 Å². The van der Waals surface area contributed by atoms with Gasteiger partial charge in [-0.05, 0) is 17.7 Å². The van der Waals surface area contributed by atoms with Gasteiger partial charge in [0.1, 0.15) is 5.82 Å². The summed E-state index contributed by atoms with van der Waals surface area (Å²) in [6.45, 7) is 0. The third-order valence-electron chi connectivity index (χ3n) is 2.00. The second-order valence-electron chi connectivity index (χ2n) is 3.20. The molecule has 1 aromatic heterocycles. The molecule has 18 heavy (non-hydrogen) atoms. The van der Waals surface area contributed by atoms with Crippen LogP contribution in [0, 0.1) is 17.7 Å². The van der Waals surface area contributed by atoms with E-state index in [0.717, 1.165) is 6.07 Å². The van der Waals surface area contributed by atoms with Crippen LogP contribution in [-0.2, 0) is 0 Å². The zero-order valence-corrected chi connectivity index (χ0v) is 9.92. The van der Waals surface area contributed by atoms with Crippen LogP contribution in [0.2, 0.25) is 5.28 Å². The summed E-state index contributed by atoms with van der Waals surface area (Å²) < 4.78 is 31.3. The van der Waals surface area contributed by atoms with Gasteiger partial charge in [-0.25, -0.2) is 13.8 Å². The molecule has 93 valence electrons. The van der Waals surface area contributed by atoms with Gasteiger partial charge < -0.3 is 10.1 Å². The largest absolute Gasteiger partial charge is 0.448 e. The minimum absolute atomic E-state index is 0.0234. The molecule has 0 aliphatic rings. The number of ether oxygens (including phenoxy) is 1. The first kappa shape index (κ1) is 12.5. The Morgan fingerprint density at radius 2 is 2.22 bits per heavy atom. The lowest BCUT2D eigenvalue weighted by Gasteiger charge is -2.09. The van der Waals surface area contributed by atoms with Crippen molar-refractivity contribution in [2.45, 2.75) is 0 Å². The topological polar surface area (TPSA) is 47.0 Å². The number of hydrogen-bond acceptors (Lipinski definition) is 4. The first-order valence-corrected chi connectivity index (χ1v) is 5.23. The number of rotatable bonds is 3. The third kappa shape index (κ3) is 2.65. The molecule has 0 bridgehead atoms. The lowest BCUT2D eigenvalue weighted by atomic mass is 10.3. The molecule has 2 rings (SSSR count). The van der Waals surface area contributed by atoms with Gasteiger partial charge in [-0.2, -0.15) is 4.98 Å². The molecule has 0 unspecified atom stereocenters. The van der Waals surface area contributed by atoms with E-state index in [0.29, 0.717) is 6.07 Å². The van der Waals surface area contributed by atoms with Gasteiger partial charge in [-0.15, -0.1) is 0 Å². The predicted octanol–water partition coefficient (Wildman–Crippen LogP) is 3.04. The zero-order valence-electron chi connectivity index (χ0n) is 9.17. The molecule has 0 aliphatic heterocycles. The maximum atomic E-state index is 13.4. The molecule has 1 heterocycles. The van der Waals surface area contributed by atoms with Gasteiger partial charge in [-0.1, -0.05) is 0 Å². The van der Waals surface area contributed by atoms with Crippen molar-refractivity contribution in [3.8, 4) is 11.5 Å².